The molecule has 196 valence electrons. The Hall–Kier alpha value is -2.75. The third-order valence-corrected chi connectivity index (χ3v) is 8.89. The second-order valence-electron chi connectivity index (χ2n) is 10.3. The fraction of sp³-hybridized carbons (Fsp3) is 0.464. The zero-order valence-electron chi connectivity index (χ0n) is 21.1. The molecule has 0 aromatic heterocycles. The molecule has 3 amide bonds. The first kappa shape index (κ1) is 25.9. The fourth-order valence-corrected chi connectivity index (χ4v) is 7.24. The highest BCUT2D eigenvalue weighted by Crippen LogP contribution is 2.60. The zero-order chi connectivity index (χ0) is 26.5. The largest absolute Gasteiger partial charge is 0.394 e. The Bertz CT molecular complexity index is 1220. The first-order chi connectivity index (χ1) is 17.7. The van der Waals surface area contributed by atoms with Crippen LogP contribution < -0.4 is 10.6 Å². The van der Waals surface area contributed by atoms with E-state index in [4.69, 9.17) is 4.74 Å². The third-order valence-electron chi connectivity index (χ3n) is 8.05. The van der Waals surface area contributed by atoms with Crippen LogP contribution in [0.3, 0.4) is 0 Å². The van der Waals surface area contributed by atoms with E-state index in [2.05, 4.69) is 26.6 Å². The van der Waals surface area contributed by atoms with Crippen LogP contribution in [0.1, 0.15) is 30.9 Å². The summed E-state index contributed by atoms with van der Waals surface area (Å²) in [6, 6.07) is 13.3. The van der Waals surface area contributed by atoms with Crippen LogP contribution in [-0.2, 0) is 19.1 Å². The molecule has 3 unspecified atom stereocenters. The van der Waals surface area contributed by atoms with Gasteiger partial charge in [-0.2, -0.15) is 0 Å². The molecule has 3 heterocycles. The van der Waals surface area contributed by atoms with Crippen molar-refractivity contribution >= 4 is 45.0 Å². The van der Waals surface area contributed by atoms with Crippen LogP contribution in [0.4, 0.5) is 11.4 Å². The van der Waals surface area contributed by atoms with E-state index in [0.717, 1.165) is 11.1 Å². The molecular formula is C28H32BrN3O5. The Morgan fingerprint density at radius 3 is 2.57 bits per heavy atom. The number of nitrogens with zero attached hydrogens (tertiary/aromatic N) is 1. The highest BCUT2D eigenvalue weighted by atomic mass is 79.9. The minimum absolute atomic E-state index is 0.201. The number of ether oxygens (including phenoxy) is 1. The Morgan fingerprint density at radius 1 is 1.16 bits per heavy atom. The predicted octanol–water partition coefficient (Wildman–Crippen LogP) is 3.40. The summed E-state index contributed by atoms with van der Waals surface area (Å²) in [7, 11) is 0. The Morgan fingerprint density at radius 2 is 1.89 bits per heavy atom. The van der Waals surface area contributed by atoms with Gasteiger partial charge < -0.3 is 25.4 Å². The van der Waals surface area contributed by atoms with Crippen LogP contribution in [0.2, 0.25) is 0 Å². The maximum atomic E-state index is 14.1. The van der Waals surface area contributed by atoms with Crippen molar-refractivity contribution in [2.24, 2.45) is 11.8 Å². The van der Waals surface area contributed by atoms with E-state index in [1.165, 1.54) is 4.90 Å². The van der Waals surface area contributed by atoms with Crippen LogP contribution in [-0.4, -0.2) is 63.0 Å². The van der Waals surface area contributed by atoms with E-state index >= 15 is 0 Å². The van der Waals surface area contributed by atoms with Gasteiger partial charge in [-0.05, 0) is 56.0 Å². The van der Waals surface area contributed by atoms with Gasteiger partial charge in [0.05, 0.1) is 30.6 Å². The number of para-hydroxylation sites is 1. The lowest BCUT2D eigenvalue weighted by Crippen LogP contribution is -2.56. The lowest BCUT2D eigenvalue weighted by molar-refractivity contribution is -0.143. The van der Waals surface area contributed by atoms with Crippen molar-refractivity contribution in [3.05, 3.63) is 59.7 Å². The standard InChI is InChI=1S/C28H32BrN3O5/c1-4-18(14-33)32-24(26(35)31-20-12-15(2)10-11-16(20)3)28-13-19(29)23(37-28)21(22(28)27(32)36)25(34)30-17-8-6-5-7-9-17/h5-12,18-19,21-24,33H,4,13-14H2,1-3H3,(H,30,34)(H,31,35)/t18-,19?,21-,22-,23-,24?,28?/m0/s1. The average Bonchev–Trinajstić information content (AvgIpc) is 3.46. The van der Waals surface area contributed by atoms with E-state index in [1.54, 1.807) is 12.1 Å². The van der Waals surface area contributed by atoms with E-state index in [1.807, 2.05) is 57.2 Å². The molecule has 2 aromatic rings. The smallest absolute Gasteiger partial charge is 0.250 e. The molecule has 3 N–H and O–H groups in total. The van der Waals surface area contributed by atoms with Crippen molar-refractivity contribution < 1.29 is 24.2 Å². The highest BCUT2D eigenvalue weighted by molar-refractivity contribution is 9.09. The minimum Gasteiger partial charge on any atom is -0.394 e. The monoisotopic (exact) mass is 569 g/mol. The number of aryl methyl sites for hydroxylation is 2. The molecule has 2 bridgehead atoms. The average molecular weight is 570 g/mol. The van der Waals surface area contributed by atoms with Crippen LogP contribution in [0.15, 0.2) is 48.5 Å². The molecule has 3 fully saturated rings. The maximum Gasteiger partial charge on any atom is 0.250 e. The van der Waals surface area contributed by atoms with Gasteiger partial charge in [-0.3, -0.25) is 14.4 Å². The van der Waals surface area contributed by atoms with Gasteiger partial charge in [-0.25, -0.2) is 0 Å². The van der Waals surface area contributed by atoms with Crippen molar-refractivity contribution in [3.8, 4) is 0 Å². The number of nitrogens with one attached hydrogen (secondary N) is 2. The second kappa shape index (κ2) is 9.85. The summed E-state index contributed by atoms with van der Waals surface area (Å²) < 4.78 is 6.52. The summed E-state index contributed by atoms with van der Waals surface area (Å²) in [6.07, 6.45) is 0.317. The van der Waals surface area contributed by atoms with Gasteiger partial charge in [0.1, 0.15) is 11.6 Å². The van der Waals surface area contributed by atoms with Crippen molar-refractivity contribution in [2.45, 2.75) is 62.2 Å². The Labute approximate surface area is 224 Å². The molecule has 7 atom stereocenters. The number of rotatable bonds is 7. The SMILES string of the molecule is CC[C@@H](CO)N1C(=O)[C@@H]2[C@H](C(=O)Nc3ccccc3)[C@H]3OC2(CC3Br)C1C(=O)Nc1cc(C)ccc1C. The molecule has 3 saturated heterocycles. The molecule has 1 spiro atoms. The Balaban J connectivity index is 1.54. The minimum atomic E-state index is -1.18. The molecule has 2 aromatic carbocycles. The van der Waals surface area contributed by atoms with E-state index in [-0.39, 0.29) is 29.2 Å². The van der Waals surface area contributed by atoms with Crippen LogP contribution in [0, 0.1) is 25.7 Å². The summed E-state index contributed by atoms with van der Waals surface area (Å²) in [5.41, 5.74) is 2.00. The lowest BCUT2D eigenvalue weighted by atomic mass is 9.70. The number of aliphatic hydroxyl groups excluding tert-OH is 1. The van der Waals surface area contributed by atoms with Gasteiger partial charge in [-0.15, -0.1) is 0 Å². The number of amides is 3. The number of carbonyl (C=O) groups is 3. The first-order valence-electron chi connectivity index (χ1n) is 12.7. The molecule has 0 radical (unpaired) electrons. The van der Waals surface area contributed by atoms with Gasteiger partial charge >= 0.3 is 0 Å². The van der Waals surface area contributed by atoms with Gasteiger partial charge in [0.25, 0.3) is 0 Å². The number of aliphatic hydroxyl groups is 1. The van der Waals surface area contributed by atoms with Crippen molar-refractivity contribution in [2.75, 3.05) is 17.2 Å². The second-order valence-corrected chi connectivity index (χ2v) is 11.5. The number of benzene rings is 2. The van der Waals surface area contributed by atoms with E-state index in [9.17, 15) is 19.5 Å². The first-order valence-corrected chi connectivity index (χ1v) is 13.6. The summed E-state index contributed by atoms with van der Waals surface area (Å²) in [5.74, 6) is -2.61. The maximum absolute atomic E-state index is 14.1. The van der Waals surface area contributed by atoms with E-state index < -0.39 is 35.6 Å². The van der Waals surface area contributed by atoms with Crippen LogP contribution >= 0.6 is 15.9 Å². The van der Waals surface area contributed by atoms with Crippen molar-refractivity contribution in [1.82, 2.24) is 4.90 Å². The quantitative estimate of drug-likeness (QED) is 0.443. The van der Waals surface area contributed by atoms with Crippen molar-refractivity contribution in [1.29, 1.82) is 0 Å². The summed E-state index contributed by atoms with van der Waals surface area (Å²) in [5, 5.41) is 16.1. The van der Waals surface area contributed by atoms with E-state index in [0.29, 0.717) is 24.2 Å². The summed E-state index contributed by atoms with van der Waals surface area (Å²) in [4.78, 5) is 42.9. The number of carbonyl (C=O) groups excluding carboxylic acids is 3. The molecule has 3 aliphatic heterocycles. The van der Waals surface area contributed by atoms with Crippen molar-refractivity contribution in [3.63, 3.8) is 0 Å². The molecule has 0 aliphatic carbocycles. The topological polar surface area (TPSA) is 108 Å². The number of likely N-dealkylation sites (tertiary alicyclic amines) is 1. The van der Waals surface area contributed by atoms with Gasteiger partial charge in [0, 0.05) is 16.2 Å². The number of hydrogen-bond acceptors (Lipinski definition) is 5. The molecule has 8 nitrogen and oxygen atoms in total. The summed E-state index contributed by atoms with van der Waals surface area (Å²) >= 11 is 3.68. The lowest BCUT2D eigenvalue weighted by Gasteiger charge is -2.36. The summed E-state index contributed by atoms with van der Waals surface area (Å²) in [6.45, 7) is 5.43. The molecule has 5 rings (SSSR count). The van der Waals surface area contributed by atoms with Gasteiger partial charge in [0.15, 0.2) is 0 Å². The third kappa shape index (κ3) is 4.17. The number of anilines is 2. The molecule has 0 saturated carbocycles. The molecule has 37 heavy (non-hydrogen) atoms. The molecular weight excluding hydrogens is 538 g/mol. The zero-order valence-corrected chi connectivity index (χ0v) is 22.7. The predicted molar refractivity (Wildman–Crippen MR) is 143 cm³/mol. The van der Waals surface area contributed by atoms with Gasteiger partial charge in [0.2, 0.25) is 17.7 Å². The molecule has 9 heteroatoms. The number of halogens is 1. The Kier molecular flexibility index (Phi) is 6.89. The van der Waals surface area contributed by atoms with Gasteiger partial charge in [-0.1, -0.05) is 53.2 Å². The normalized spacial score (nSPS) is 30.8. The fourth-order valence-electron chi connectivity index (χ4n) is 6.29. The number of fused-ring (bicyclic) bond motifs is 1. The van der Waals surface area contributed by atoms with Crippen LogP contribution in [0.5, 0.6) is 0 Å². The van der Waals surface area contributed by atoms with Crippen LogP contribution in [0.25, 0.3) is 0 Å². The number of alkyl halides is 1. The highest BCUT2D eigenvalue weighted by Gasteiger charge is 2.77. The number of hydrogen-bond donors (Lipinski definition) is 3. The molecule has 3 aliphatic rings.